The summed E-state index contributed by atoms with van der Waals surface area (Å²) in [4.78, 5) is 8.34. The minimum atomic E-state index is 0.573. The van der Waals surface area contributed by atoms with Gasteiger partial charge in [-0.05, 0) is 25.1 Å². The number of nitrogens with two attached hydrogens (primary N) is 2. The molecule has 0 bridgehead atoms. The number of hydrogen-bond donors (Lipinski definition) is 2. The van der Waals surface area contributed by atoms with Gasteiger partial charge in [-0.25, -0.2) is 9.97 Å². The van der Waals surface area contributed by atoms with Crippen molar-refractivity contribution in [1.29, 1.82) is 0 Å². The van der Waals surface area contributed by atoms with Gasteiger partial charge in [0.25, 0.3) is 0 Å². The molecule has 0 aliphatic rings. The first-order chi connectivity index (χ1) is 7.16. The van der Waals surface area contributed by atoms with Crippen molar-refractivity contribution >= 4 is 11.4 Å². The summed E-state index contributed by atoms with van der Waals surface area (Å²) in [5, 5.41) is 0. The second-order valence-corrected chi connectivity index (χ2v) is 3.33. The summed E-state index contributed by atoms with van der Waals surface area (Å²) in [5.41, 5.74) is 14.3. The van der Waals surface area contributed by atoms with E-state index < -0.39 is 0 Å². The van der Waals surface area contributed by atoms with Gasteiger partial charge in [0.05, 0.1) is 17.1 Å². The van der Waals surface area contributed by atoms with Crippen LogP contribution in [0.5, 0.6) is 0 Å². The van der Waals surface area contributed by atoms with E-state index in [-0.39, 0.29) is 0 Å². The molecule has 0 saturated carbocycles. The molecule has 0 unspecified atom stereocenters. The lowest BCUT2D eigenvalue weighted by atomic mass is 10.1. The van der Waals surface area contributed by atoms with Gasteiger partial charge in [-0.1, -0.05) is 6.07 Å². The van der Waals surface area contributed by atoms with Crippen molar-refractivity contribution < 1.29 is 0 Å². The highest BCUT2D eigenvalue weighted by Crippen LogP contribution is 2.23. The molecule has 76 valence electrons. The first kappa shape index (κ1) is 9.45. The van der Waals surface area contributed by atoms with Crippen LogP contribution in [0.2, 0.25) is 0 Å². The molecule has 0 fully saturated rings. The molecule has 1 aromatic heterocycles. The predicted molar refractivity (Wildman–Crippen MR) is 61.0 cm³/mol. The van der Waals surface area contributed by atoms with Gasteiger partial charge in [-0.3, -0.25) is 0 Å². The van der Waals surface area contributed by atoms with E-state index in [2.05, 4.69) is 9.97 Å². The Morgan fingerprint density at radius 2 is 1.87 bits per heavy atom. The third-order valence-corrected chi connectivity index (χ3v) is 2.16. The summed E-state index contributed by atoms with van der Waals surface area (Å²) in [5.74, 6) is 0.739. The molecule has 2 rings (SSSR count). The van der Waals surface area contributed by atoms with Crippen molar-refractivity contribution in [2.24, 2.45) is 0 Å². The van der Waals surface area contributed by atoms with Crippen molar-refractivity contribution in [2.45, 2.75) is 6.92 Å². The molecule has 0 saturated heterocycles. The Hall–Kier alpha value is -2.10. The minimum absolute atomic E-state index is 0.573. The van der Waals surface area contributed by atoms with Crippen LogP contribution in [0.25, 0.3) is 11.3 Å². The lowest BCUT2D eigenvalue weighted by molar-refractivity contribution is 1.06. The molecule has 0 atom stereocenters. The number of aryl methyl sites for hydroxylation is 1. The van der Waals surface area contributed by atoms with Gasteiger partial charge in [-0.15, -0.1) is 0 Å². The molecule has 0 aliphatic heterocycles. The van der Waals surface area contributed by atoms with E-state index in [1.165, 1.54) is 0 Å². The normalized spacial score (nSPS) is 10.2. The smallest absolute Gasteiger partial charge is 0.125 e. The SMILES string of the molecule is Cc1nccc(-c2ccc(N)c(N)c2)n1. The highest BCUT2D eigenvalue weighted by Gasteiger charge is 2.02. The van der Waals surface area contributed by atoms with Gasteiger partial charge in [0.1, 0.15) is 5.82 Å². The lowest BCUT2D eigenvalue weighted by Gasteiger charge is -2.04. The van der Waals surface area contributed by atoms with Crippen LogP contribution in [-0.2, 0) is 0 Å². The molecule has 0 radical (unpaired) electrons. The molecule has 4 nitrogen and oxygen atoms in total. The Morgan fingerprint density at radius 1 is 1.07 bits per heavy atom. The zero-order valence-corrected chi connectivity index (χ0v) is 8.44. The monoisotopic (exact) mass is 200 g/mol. The van der Waals surface area contributed by atoms with Crippen molar-refractivity contribution in [3.63, 3.8) is 0 Å². The molecule has 2 aromatic rings. The van der Waals surface area contributed by atoms with Gasteiger partial charge in [-0.2, -0.15) is 0 Å². The predicted octanol–water partition coefficient (Wildman–Crippen LogP) is 1.62. The van der Waals surface area contributed by atoms with E-state index >= 15 is 0 Å². The van der Waals surface area contributed by atoms with Crippen LogP contribution in [0.1, 0.15) is 5.82 Å². The second-order valence-electron chi connectivity index (χ2n) is 3.33. The van der Waals surface area contributed by atoms with Crippen LogP contribution < -0.4 is 11.5 Å². The molecule has 0 aliphatic carbocycles. The Balaban J connectivity index is 2.50. The van der Waals surface area contributed by atoms with Gasteiger partial charge in [0, 0.05) is 11.8 Å². The van der Waals surface area contributed by atoms with Crippen LogP contribution in [0.3, 0.4) is 0 Å². The van der Waals surface area contributed by atoms with Crippen molar-refractivity contribution in [3.05, 3.63) is 36.3 Å². The van der Waals surface area contributed by atoms with E-state index in [0.29, 0.717) is 11.4 Å². The molecule has 4 N–H and O–H groups in total. The molecule has 1 aromatic carbocycles. The summed E-state index contributed by atoms with van der Waals surface area (Å²) in [7, 11) is 0. The third kappa shape index (κ3) is 1.88. The molecule has 4 heteroatoms. The summed E-state index contributed by atoms with van der Waals surface area (Å²) in [6, 6.07) is 7.34. The number of benzene rings is 1. The maximum atomic E-state index is 5.73. The van der Waals surface area contributed by atoms with Crippen LogP contribution in [0.4, 0.5) is 11.4 Å². The average molecular weight is 200 g/mol. The summed E-state index contributed by atoms with van der Waals surface area (Å²) < 4.78 is 0. The number of nitrogen functional groups attached to an aromatic ring is 2. The van der Waals surface area contributed by atoms with E-state index in [4.69, 9.17) is 11.5 Å². The Morgan fingerprint density at radius 3 is 2.53 bits per heavy atom. The van der Waals surface area contributed by atoms with Crippen molar-refractivity contribution in [2.75, 3.05) is 11.5 Å². The molecular weight excluding hydrogens is 188 g/mol. The number of aromatic nitrogens is 2. The van der Waals surface area contributed by atoms with Gasteiger partial charge in [0.2, 0.25) is 0 Å². The van der Waals surface area contributed by atoms with Crippen LogP contribution >= 0.6 is 0 Å². The first-order valence-electron chi connectivity index (χ1n) is 4.62. The maximum Gasteiger partial charge on any atom is 0.125 e. The maximum absolute atomic E-state index is 5.73. The molecular formula is C11H12N4. The third-order valence-electron chi connectivity index (χ3n) is 2.16. The van der Waals surface area contributed by atoms with E-state index in [9.17, 15) is 0 Å². The topological polar surface area (TPSA) is 77.8 Å². The lowest BCUT2D eigenvalue weighted by Crippen LogP contribution is -1.95. The second kappa shape index (κ2) is 3.57. The van der Waals surface area contributed by atoms with Crippen LogP contribution in [0.15, 0.2) is 30.5 Å². The van der Waals surface area contributed by atoms with Crippen LogP contribution in [0, 0.1) is 6.92 Å². The zero-order valence-electron chi connectivity index (χ0n) is 8.44. The highest BCUT2D eigenvalue weighted by molar-refractivity contribution is 5.72. The van der Waals surface area contributed by atoms with E-state index in [1.54, 1.807) is 12.3 Å². The van der Waals surface area contributed by atoms with E-state index in [0.717, 1.165) is 17.1 Å². The fourth-order valence-corrected chi connectivity index (χ4v) is 1.35. The number of anilines is 2. The standard InChI is InChI=1S/C11H12N4/c1-7-14-5-4-11(15-7)8-2-3-9(12)10(13)6-8/h2-6H,12-13H2,1H3. The van der Waals surface area contributed by atoms with Crippen molar-refractivity contribution in [1.82, 2.24) is 9.97 Å². The van der Waals surface area contributed by atoms with E-state index in [1.807, 2.05) is 25.1 Å². The minimum Gasteiger partial charge on any atom is -0.397 e. The Kier molecular flexibility index (Phi) is 2.25. The molecule has 0 spiro atoms. The average Bonchev–Trinajstić information content (AvgIpc) is 2.22. The summed E-state index contributed by atoms with van der Waals surface area (Å²) in [6.45, 7) is 1.85. The largest absolute Gasteiger partial charge is 0.397 e. The number of rotatable bonds is 1. The number of nitrogens with zero attached hydrogens (tertiary/aromatic N) is 2. The van der Waals surface area contributed by atoms with Gasteiger partial charge >= 0.3 is 0 Å². The first-order valence-corrected chi connectivity index (χ1v) is 4.62. The quantitative estimate of drug-likeness (QED) is 0.685. The summed E-state index contributed by atoms with van der Waals surface area (Å²) >= 11 is 0. The Labute approximate surface area is 88.0 Å². The highest BCUT2D eigenvalue weighted by atomic mass is 14.9. The molecule has 15 heavy (non-hydrogen) atoms. The van der Waals surface area contributed by atoms with Gasteiger partial charge < -0.3 is 11.5 Å². The number of hydrogen-bond acceptors (Lipinski definition) is 4. The van der Waals surface area contributed by atoms with Crippen LogP contribution in [-0.4, -0.2) is 9.97 Å². The zero-order chi connectivity index (χ0) is 10.8. The van der Waals surface area contributed by atoms with Gasteiger partial charge in [0.15, 0.2) is 0 Å². The molecule has 0 amide bonds. The van der Waals surface area contributed by atoms with Crippen molar-refractivity contribution in [3.8, 4) is 11.3 Å². The molecule has 1 heterocycles. The fraction of sp³-hybridized carbons (Fsp3) is 0.0909. The Bertz CT molecular complexity index is 494. The summed E-state index contributed by atoms with van der Waals surface area (Å²) in [6.07, 6.45) is 1.73. The fourth-order valence-electron chi connectivity index (χ4n) is 1.35.